The molecule has 7 heteroatoms. The van der Waals surface area contributed by atoms with Gasteiger partial charge in [0.25, 0.3) is 11.6 Å². The van der Waals surface area contributed by atoms with Crippen LogP contribution < -0.4 is 0 Å². The number of amides is 1. The second-order valence-corrected chi connectivity index (χ2v) is 5.12. The van der Waals surface area contributed by atoms with E-state index in [1.54, 1.807) is 4.90 Å². The number of hydrogen-bond donors (Lipinski definition) is 0. The van der Waals surface area contributed by atoms with Crippen molar-refractivity contribution >= 4 is 34.8 Å². The molecule has 0 aliphatic carbocycles. The zero-order valence-corrected chi connectivity index (χ0v) is 12.9. The van der Waals surface area contributed by atoms with Crippen LogP contribution in [-0.4, -0.2) is 28.8 Å². The van der Waals surface area contributed by atoms with Gasteiger partial charge in [0, 0.05) is 25.2 Å². The molecule has 0 unspecified atom stereocenters. The Morgan fingerprint density at radius 2 is 1.80 bits per heavy atom. The van der Waals surface area contributed by atoms with Crippen molar-refractivity contribution in [1.29, 1.82) is 0 Å². The molecular weight excluding hydrogens is 303 g/mol. The number of hydrogen-bond acceptors (Lipinski definition) is 3. The average Bonchev–Trinajstić information content (AvgIpc) is 2.40. The maximum atomic E-state index is 12.4. The Morgan fingerprint density at radius 1 is 1.25 bits per heavy atom. The first kappa shape index (κ1) is 16.7. The molecule has 0 aliphatic rings. The second-order valence-electron chi connectivity index (χ2n) is 4.34. The summed E-state index contributed by atoms with van der Waals surface area (Å²) in [7, 11) is 0. The summed E-state index contributed by atoms with van der Waals surface area (Å²) in [5.41, 5.74) is -0.163. The van der Waals surface area contributed by atoms with Crippen molar-refractivity contribution in [3.8, 4) is 0 Å². The highest BCUT2D eigenvalue weighted by atomic mass is 35.5. The monoisotopic (exact) mass is 318 g/mol. The van der Waals surface area contributed by atoms with Crippen molar-refractivity contribution in [1.82, 2.24) is 4.90 Å². The smallest absolute Gasteiger partial charge is 0.271 e. The SMILES string of the molecule is CCCN(CCC)C(=O)c1cc([N+](=O)[O-])cc(Cl)c1Cl. The van der Waals surface area contributed by atoms with Crippen LogP contribution >= 0.6 is 23.2 Å². The van der Waals surface area contributed by atoms with Crippen LogP contribution in [0.4, 0.5) is 5.69 Å². The molecule has 0 atom stereocenters. The van der Waals surface area contributed by atoms with Gasteiger partial charge in [-0.3, -0.25) is 14.9 Å². The summed E-state index contributed by atoms with van der Waals surface area (Å²) in [6, 6.07) is 2.32. The normalized spacial score (nSPS) is 10.4. The van der Waals surface area contributed by atoms with Gasteiger partial charge < -0.3 is 4.90 Å². The molecule has 0 fully saturated rings. The molecule has 0 aliphatic heterocycles. The first-order valence-electron chi connectivity index (χ1n) is 6.35. The van der Waals surface area contributed by atoms with Gasteiger partial charge >= 0.3 is 0 Å². The van der Waals surface area contributed by atoms with Crippen molar-refractivity contribution in [3.63, 3.8) is 0 Å². The predicted molar refractivity (Wildman–Crippen MR) is 79.6 cm³/mol. The van der Waals surface area contributed by atoms with Crippen LogP contribution in [0.15, 0.2) is 12.1 Å². The zero-order valence-electron chi connectivity index (χ0n) is 11.4. The molecule has 0 aromatic heterocycles. The zero-order chi connectivity index (χ0) is 15.3. The van der Waals surface area contributed by atoms with E-state index in [0.717, 1.165) is 18.9 Å². The molecule has 0 spiro atoms. The van der Waals surface area contributed by atoms with Crippen molar-refractivity contribution in [3.05, 3.63) is 37.9 Å². The van der Waals surface area contributed by atoms with E-state index in [2.05, 4.69) is 0 Å². The lowest BCUT2D eigenvalue weighted by Gasteiger charge is -2.22. The maximum absolute atomic E-state index is 12.4. The highest BCUT2D eigenvalue weighted by Crippen LogP contribution is 2.31. The van der Waals surface area contributed by atoms with Gasteiger partial charge in [-0.25, -0.2) is 0 Å². The summed E-state index contributed by atoms with van der Waals surface area (Å²) < 4.78 is 0. The van der Waals surface area contributed by atoms with E-state index in [1.165, 1.54) is 6.07 Å². The van der Waals surface area contributed by atoms with Gasteiger partial charge in [-0.2, -0.15) is 0 Å². The van der Waals surface area contributed by atoms with E-state index >= 15 is 0 Å². The van der Waals surface area contributed by atoms with E-state index in [1.807, 2.05) is 13.8 Å². The molecule has 0 saturated carbocycles. The summed E-state index contributed by atoms with van der Waals surface area (Å²) in [5.74, 6) is -0.329. The lowest BCUT2D eigenvalue weighted by molar-refractivity contribution is -0.384. The molecule has 1 aromatic rings. The largest absolute Gasteiger partial charge is 0.339 e. The molecule has 5 nitrogen and oxygen atoms in total. The molecule has 0 bridgehead atoms. The Morgan fingerprint density at radius 3 is 2.25 bits per heavy atom. The van der Waals surface area contributed by atoms with Gasteiger partial charge in [-0.1, -0.05) is 37.0 Å². The lowest BCUT2D eigenvalue weighted by Crippen LogP contribution is -2.32. The summed E-state index contributed by atoms with van der Waals surface area (Å²) in [4.78, 5) is 24.3. The van der Waals surface area contributed by atoms with Crippen LogP contribution in [-0.2, 0) is 0 Å². The molecule has 0 heterocycles. The van der Waals surface area contributed by atoms with Gasteiger partial charge in [0.15, 0.2) is 0 Å². The van der Waals surface area contributed by atoms with Gasteiger partial charge in [-0.05, 0) is 12.8 Å². The van der Waals surface area contributed by atoms with Crippen LogP contribution in [0.25, 0.3) is 0 Å². The number of non-ortho nitro benzene ring substituents is 1. The van der Waals surface area contributed by atoms with E-state index in [0.29, 0.717) is 13.1 Å². The molecular formula is C13H16Cl2N2O3. The fourth-order valence-electron chi connectivity index (χ4n) is 1.86. The van der Waals surface area contributed by atoms with Gasteiger partial charge in [0.2, 0.25) is 0 Å². The highest BCUT2D eigenvalue weighted by Gasteiger charge is 2.22. The van der Waals surface area contributed by atoms with Crippen LogP contribution in [0.2, 0.25) is 10.0 Å². The van der Waals surface area contributed by atoms with E-state index in [9.17, 15) is 14.9 Å². The molecule has 20 heavy (non-hydrogen) atoms. The minimum atomic E-state index is -0.594. The summed E-state index contributed by atoms with van der Waals surface area (Å²) in [6.45, 7) is 5.06. The van der Waals surface area contributed by atoms with Crippen molar-refractivity contribution in [2.24, 2.45) is 0 Å². The number of carbonyl (C=O) groups excluding carboxylic acids is 1. The Kier molecular flexibility index (Phi) is 6.23. The van der Waals surface area contributed by atoms with Crippen LogP contribution in [0, 0.1) is 10.1 Å². The summed E-state index contributed by atoms with van der Waals surface area (Å²) >= 11 is 11.9. The number of benzene rings is 1. The van der Waals surface area contributed by atoms with Crippen LogP contribution in [0.5, 0.6) is 0 Å². The molecule has 1 aromatic carbocycles. The minimum Gasteiger partial charge on any atom is -0.339 e. The lowest BCUT2D eigenvalue weighted by atomic mass is 10.1. The van der Waals surface area contributed by atoms with Crippen molar-refractivity contribution < 1.29 is 9.72 Å². The molecule has 1 amide bonds. The van der Waals surface area contributed by atoms with Gasteiger partial charge in [0.1, 0.15) is 0 Å². The predicted octanol–water partition coefficient (Wildman–Crippen LogP) is 4.16. The average molecular weight is 319 g/mol. The third kappa shape index (κ3) is 3.84. The van der Waals surface area contributed by atoms with Crippen LogP contribution in [0.1, 0.15) is 37.0 Å². The topological polar surface area (TPSA) is 63.5 Å². The molecule has 0 N–H and O–H groups in total. The number of rotatable bonds is 6. The Balaban J connectivity index is 3.22. The van der Waals surface area contributed by atoms with Crippen molar-refractivity contribution in [2.75, 3.05) is 13.1 Å². The third-order valence-corrected chi connectivity index (χ3v) is 3.53. The Bertz CT molecular complexity index is 515. The third-order valence-electron chi connectivity index (χ3n) is 2.73. The molecule has 110 valence electrons. The quantitative estimate of drug-likeness (QED) is 0.584. The first-order valence-corrected chi connectivity index (χ1v) is 7.10. The van der Waals surface area contributed by atoms with Crippen molar-refractivity contribution in [2.45, 2.75) is 26.7 Å². The minimum absolute atomic E-state index is 0.0113. The maximum Gasteiger partial charge on any atom is 0.271 e. The highest BCUT2D eigenvalue weighted by molar-refractivity contribution is 6.44. The summed E-state index contributed by atoms with van der Waals surface area (Å²) in [5, 5.41) is 10.9. The number of nitrogens with zero attached hydrogens (tertiary/aromatic N) is 2. The van der Waals surface area contributed by atoms with E-state index < -0.39 is 4.92 Å². The van der Waals surface area contributed by atoms with Crippen LogP contribution in [0.3, 0.4) is 0 Å². The fraction of sp³-hybridized carbons (Fsp3) is 0.462. The fourth-order valence-corrected chi connectivity index (χ4v) is 2.26. The Labute approximate surface area is 127 Å². The second kappa shape index (κ2) is 7.45. The Hall–Kier alpha value is -1.33. The van der Waals surface area contributed by atoms with E-state index in [4.69, 9.17) is 23.2 Å². The number of halogens is 2. The number of carbonyl (C=O) groups is 1. The molecule has 0 radical (unpaired) electrons. The standard InChI is InChI=1S/C13H16Cl2N2O3/c1-3-5-16(6-4-2)13(18)10-7-9(17(19)20)8-11(14)12(10)15/h7-8H,3-6H2,1-2H3. The van der Waals surface area contributed by atoms with Gasteiger partial charge in [0.05, 0.1) is 20.5 Å². The summed E-state index contributed by atoms with van der Waals surface area (Å²) in [6.07, 6.45) is 1.60. The number of nitro groups is 1. The van der Waals surface area contributed by atoms with Gasteiger partial charge in [-0.15, -0.1) is 0 Å². The van der Waals surface area contributed by atoms with E-state index in [-0.39, 0.29) is 27.2 Å². The molecule has 0 saturated heterocycles. The first-order chi connectivity index (χ1) is 9.42. The number of nitro benzene ring substituents is 1. The molecule has 1 rings (SSSR count).